The van der Waals surface area contributed by atoms with Crippen LogP contribution in [0.5, 0.6) is 0 Å². The third kappa shape index (κ3) is 2.90. The van der Waals surface area contributed by atoms with Crippen LogP contribution in [0, 0.1) is 0 Å². The van der Waals surface area contributed by atoms with Crippen molar-refractivity contribution in [1.29, 1.82) is 0 Å². The van der Waals surface area contributed by atoms with E-state index in [1.165, 1.54) is 6.20 Å². The fourth-order valence-electron chi connectivity index (χ4n) is 2.92. The van der Waals surface area contributed by atoms with Gasteiger partial charge in [0.05, 0.1) is 17.2 Å². The van der Waals surface area contributed by atoms with Crippen LogP contribution in [0.4, 0.5) is 0 Å². The van der Waals surface area contributed by atoms with Gasteiger partial charge in [0.25, 0.3) is 5.91 Å². The van der Waals surface area contributed by atoms with Crippen LogP contribution in [0.25, 0.3) is 11.0 Å². The summed E-state index contributed by atoms with van der Waals surface area (Å²) in [5.41, 5.74) is 7.06. The highest BCUT2D eigenvalue weighted by Gasteiger charge is 2.29. The van der Waals surface area contributed by atoms with Gasteiger partial charge >= 0.3 is 0 Å². The summed E-state index contributed by atoms with van der Waals surface area (Å²) in [6.07, 6.45) is 4.44. The molecule has 1 fully saturated rings. The van der Waals surface area contributed by atoms with Crippen molar-refractivity contribution < 1.29 is 9.59 Å². The van der Waals surface area contributed by atoms with Crippen LogP contribution < -0.4 is 5.73 Å². The lowest BCUT2D eigenvalue weighted by atomic mass is 9.98. The molecule has 2 aromatic rings. The summed E-state index contributed by atoms with van der Waals surface area (Å²) < 4.78 is 0. The van der Waals surface area contributed by atoms with Crippen LogP contribution in [0.2, 0.25) is 0 Å². The SMILES string of the molecule is NC(=O)CC1CCCCN1C(=O)c1cnc2ccccc2n1. The standard InChI is InChI=1S/C16H18N4O2/c17-15(21)9-11-5-3-4-8-20(11)16(22)14-10-18-12-6-1-2-7-13(12)19-14/h1-2,6-7,10-11H,3-5,8-9H2,(H2,17,21). The number of hydrogen-bond acceptors (Lipinski definition) is 4. The molecule has 6 heteroatoms. The smallest absolute Gasteiger partial charge is 0.274 e. The number of aromatic nitrogens is 2. The highest BCUT2D eigenvalue weighted by Crippen LogP contribution is 2.21. The Labute approximate surface area is 128 Å². The number of hydrogen-bond donors (Lipinski definition) is 1. The largest absolute Gasteiger partial charge is 0.370 e. The van der Waals surface area contributed by atoms with E-state index >= 15 is 0 Å². The van der Waals surface area contributed by atoms with Crippen LogP contribution >= 0.6 is 0 Å². The minimum Gasteiger partial charge on any atom is -0.370 e. The fraction of sp³-hybridized carbons (Fsp3) is 0.375. The number of amides is 2. The number of para-hydroxylation sites is 2. The number of nitrogens with zero attached hydrogens (tertiary/aromatic N) is 3. The van der Waals surface area contributed by atoms with E-state index in [9.17, 15) is 9.59 Å². The number of rotatable bonds is 3. The number of piperidine rings is 1. The molecule has 0 spiro atoms. The Hall–Kier alpha value is -2.50. The lowest BCUT2D eigenvalue weighted by Crippen LogP contribution is -2.45. The molecule has 114 valence electrons. The molecule has 1 aromatic heterocycles. The molecule has 0 aliphatic carbocycles. The summed E-state index contributed by atoms with van der Waals surface area (Å²) in [5, 5.41) is 0. The molecule has 1 unspecified atom stereocenters. The Morgan fingerprint density at radius 1 is 1.23 bits per heavy atom. The molecule has 0 bridgehead atoms. The van der Waals surface area contributed by atoms with Gasteiger partial charge in [0.15, 0.2) is 0 Å². The van der Waals surface area contributed by atoms with E-state index in [0.29, 0.717) is 17.8 Å². The highest BCUT2D eigenvalue weighted by atomic mass is 16.2. The van der Waals surface area contributed by atoms with Gasteiger partial charge in [-0.3, -0.25) is 14.6 Å². The van der Waals surface area contributed by atoms with Crippen LogP contribution in [0.1, 0.15) is 36.2 Å². The maximum atomic E-state index is 12.7. The first-order chi connectivity index (χ1) is 10.6. The minimum atomic E-state index is -0.380. The normalized spacial score (nSPS) is 18.4. The Morgan fingerprint density at radius 3 is 2.77 bits per heavy atom. The molecule has 2 N–H and O–H groups in total. The molecule has 3 rings (SSSR count). The number of carbonyl (C=O) groups is 2. The predicted molar refractivity (Wildman–Crippen MR) is 82.0 cm³/mol. The molecule has 0 radical (unpaired) electrons. The minimum absolute atomic E-state index is 0.132. The van der Waals surface area contributed by atoms with Crippen LogP contribution in [-0.4, -0.2) is 39.3 Å². The molecule has 2 amide bonds. The van der Waals surface area contributed by atoms with Gasteiger partial charge < -0.3 is 10.6 Å². The van der Waals surface area contributed by atoms with Crippen molar-refractivity contribution in [1.82, 2.24) is 14.9 Å². The quantitative estimate of drug-likeness (QED) is 0.930. The zero-order valence-corrected chi connectivity index (χ0v) is 12.2. The summed E-state index contributed by atoms with van der Waals surface area (Å²) in [5.74, 6) is -0.557. The van der Waals surface area contributed by atoms with Crippen molar-refractivity contribution >= 4 is 22.8 Å². The molecule has 22 heavy (non-hydrogen) atoms. The van der Waals surface area contributed by atoms with Crippen molar-refractivity contribution in [3.63, 3.8) is 0 Å². The third-order valence-corrected chi connectivity index (χ3v) is 3.99. The van der Waals surface area contributed by atoms with Gasteiger partial charge in [-0.25, -0.2) is 4.98 Å². The predicted octanol–water partition coefficient (Wildman–Crippen LogP) is 1.50. The second kappa shape index (κ2) is 6.09. The summed E-state index contributed by atoms with van der Waals surface area (Å²) in [6.45, 7) is 0.630. The Balaban J connectivity index is 1.87. The lowest BCUT2D eigenvalue weighted by molar-refractivity contribution is -0.119. The Bertz CT molecular complexity index is 716. The summed E-state index contributed by atoms with van der Waals surface area (Å²) in [6, 6.07) is 7.30. The number of fused-ring (bicyclic) bond motifs is 1. The van der Waals surface area contributed by atoms with Gasteiger partial charge in [-0.05, 0) is 31.4 Å². The molecule has 1 saturated heterocycles. The molecule has 1 aliphatic rings. The average Bonchev–Trinajstić information content (AvgIpc) is 2.54. The van der Waals surface area contributed by atoms with E-state index in [0.717, 1.165) is 24.8 Å². The van der Waals surface area contributed by atoms with Crippen molar-refractivity contribution in [3.8, 4) is 0 Å². The van der Waals surface area contributed by atoms with Crippen LogP contribution in [0.15, 0.2) is 30.5 Å². The molecule has 1 atom stereocenters. The second-order valence-electron chi connectivity index (χ2n) is 5.56. The zero-order chi connectivity index (χ0) is 15.5. The first-order valence-electron chi connectivity index (χ1n) is 7.46. The molecule has 1 aromatic carbocycles. The van der Waals surface area contributed by atoms with Crippen molar-refractivity contribution in [2.45, 2.75) is 31.7 Å². The zero-order valence-electron chi connectivity index (χ0n) is 12.2. The Kier molecular flexibility index (Phi) is 4.00. The van der Waals surface area contributed by atoms with E-state index in [1.807, 2.05) is 24.3 Å². The van der Waals surface area contributed by atoms with E-state index in [2.05, 4.69) is 9.97 Å². The molecular weight excluding hydrogens is 280 g/mol. The fourth-order valence-corrected chi connectivity index (χ4v) is 2.92. The number of nitrogens with two attached hydrogens (primary N) is 1. The van der Waals surface area contributed by atoms with Gasteiger partial charge in [-0.1, -0.05) is 12.1 Å². The highest BCUT2D eigenvalue weighted by molar-refractivity contribution is 5.94. The monoisotopic (exact) mass is 298 g/mol. The summed E-state index contributed by atoms with van der Waals surface area (Å²) in [7, 11) is 0. The molecule has 0 saturated carbocycles. The molecule has 6 nitrogen and oxygen atoms in total. The molecular formula is C16H18N4O2. The van der Waals surface area contributed by atoms with E-state index in [-0.39, 0.29) is 24.3 Å². The summed E-state index contributed by atoms with van der Waals surface area (Å²) in [4.78, 5) is 34.3. The van der Waals surface area contributed by atoms with Crippen molar-refractivity contribution in [2.75, 3.05) is 6.54 Å². The number of likely N-dealkylation sites (tertiary alicyclic amines) is 1. The van der Waals surface area contributed by atoms with Crippen molar-refractivity contribution in [3.05, 3.63) is 36.2 Å². The lowest BCUT2D eigenvalue weighted by Gasteiger charge is -2.34. The molecule has 2 heterocycles. The van der Waals surface area contributed by atoms with Crippen LogP contribution in [-0.2, 0) is 4.79 Å². The maximum Gasteiger partial charge on any atom is 0.274 e. The number of carbonyl (C=O) groups excluding carboxylic acids is 2. The van der Waals surface area contributed by atoms with E-state index in [1.54, 1.807) is 4.90 Å². The van der Waals surface area contributed by atoms with E-state index < -0.39 is 0 Å². The van der Waals surface area contributed by atoms with Gasteiger partial charge in [0.2, 0.25) is 5.91 Å². The van der Waals surface area contributed by atoms with Gasteiger partial charge in [-0.15, -0.1) is 0 Å². The second-order valence-corrected chi connectivity index (χ2v) is 5.56. The van der Waals surface area contributed by atoms with Gasteiger partial charge in [0, 0.05) is 19.0 Å². The average molecular weight is 298 g/mol. The van der Waals surface area contributed by atoms with Gasteiger partial charge in [-0.2, -0.15) is 0 Å². The Morgan fingerprint density at radius 2 is 2.00 bits per heavy atom. The summed E-state index contributed by atoms with van der Waals surface area (Å²) >= 11 is 0. The number of primary amides is 1. The maximum absolute atomic E-state index is 12.7. The van der Waals surface area contributed by atoms with Gasteiger partial charge in [0.1, 0.15) is 5.69 Å². The topological polar surface area (TPSA) is 89.2 Å². The van der Waals surface area contributed by atoms with E-state index in [4.69, 9.17) is 5.73 Å². The first-order valence-corrected chi connectivity index (χ1v) is 7.46. The number of benzene rings is 1. The van der Waals surface area contributed by atoms with Crippen molar-refractivity contribution in [2.24, 2.45) is 5.73 Å². The molecule has 1 aliphatic heterocycles. The first kappa shape index (κ1) is 14.4. The third-order valence-electron chi connectivity index (χ3n) is 3.99. The van der Waals surface area contributed by atoms with Crippen LogP contribution in [0.3, 0.4) is 0 Å².